The zero-order chi connectivity index (χ0) is 13.3. The normalized spacial score (nSPS) is 11.3. The molecule has 0 aliphatic carbocycles. The molecule has 1 amide bonds. The van der Waals surface area contributed by atoms with Crippen molar-refractivity contribution in [3.05, 3.63) is 39.2 Å². The maximum Gasteiger partial charge on any atom is 0.417 e. The van der Waals surface area contributed by atoms with Crippen LogP contribution < -0.4 is 0 Å². The van der Waals surface area contributed by atoms with Crippen molar-refractivity contribution in [1.82, 2.24) is 4.98 Å². The number of alkyl halides is 3. The molecule has 0 fully saturated rings. The Balaban J connectivity index is 2.52. The van der Waals surface area contributed by atoms with Gasteiger partial charge in [-0.05, 0) is 22.8 Å². The number of carbonyl (C=O) groups excluding carboxylic acids is 1. The summed E-state index contributed by atoms with van der Waals surface area (Å²) in [5, 5.41) is 2.86. The van der Waals surface area contributed by atoms with E-state index in [9.17, 15) is 18.0 Å². The van der Waals surface area contributed by atoms with Crippen LogP contribution >= 0.6 is 11.3 Å². The first-order chi connectivity index (χ1) is 8.41. The van der Waals surface area contributed by atoms with Crippen LogP contribution in [0.5, 0.6) is 0 Å². The molecule has 0 bridgehead atoms. The molecule has 0 radical (unpaired) electrons. The van der Waals surface area contributed by atoms with Crippen LogP contribution in [0.1, 0.15) is 15.2 Å². The van der Waals surface area contributed by atoms with Gasteiger partial charge in [0.1, 0.15) is 0 Å². The van der Waals surface area contributed by atoms with E-state index in [1.165, 1.54) is 6.07 Å². The Kier molecular flexibility index (Phi) is 2.93. The Hall–Kier alpha value is -2.12. The van der Waals surface area contributed by atoms with Gasteiger partial charge in [-0.2, -0.15) is 13.2 Å². The van der Waals surface area contributed by atoms with Crippen LogP contribution in [0.15, 0.2) is 23.4 Å². The third kappa shape index (κ3) is 2.27. The van der Waals surface area contributed by atoms with Gasteiger partial charge < -0.3 is 0 Å². The summed E-state index contributed by atoms with van der Waals surface area (Å²) >= 11 is 0.799. The van der Waals surface area contributed by atoms with Crippen molar-refractivity contribution in [2.45, 2.75) is 6.18 Å². The third-order valence-electron chi connectivity index (χ3n) is 2.04. The second-order valence-electron chi connectivity index (χ2n) is 3.21. The van der Waals surface area contributed by atoms with Gasteiger partial charge in [0.15, 0.2) is 0 Å². The van der Waals surface area contributed by atoms with E-state index in [2.05, 4.69) is 15.0 Å². The lowest BCUT2D eigenvalue weighted by Gasteiger charge is -2.04. The molecule has 0 aliphatic heterocycles. The highest BCUT2D eigenvalue weighted by atomic mass is 32.1. The van der Waals surface area contributed by atoms with Gasteiger partial charge in [-0.15, -0.1) is 11.3 Å². The average Bonchev–Trinajstić information content (AvgIpc) is 2.70. The van der Waals surface area contributed by atoms with E-state index in [-0.39, 0.29) is 15.1 Å². The molecule has 2 aromatic heterocycles. The number of carbonyl (C=O) groups is 1. The summed E-state index contributed by atoms with van der Waals surface area (Å²) in [6.07, 6.45) is -3.79. The number of pyridine rings is 1. The maximum absolute atomic E-state index is 12.4. The minimum absolute atomic E-state index is 0.0506. The monoisotopic (exact) mass is 272 g/mol. The Labute approximate surface area is 101 Å². The summed E-state index contributed by atoms with van der Waals surface area (Å²) in [5.41, 5.74) is 7.47. The topological polar surface area (TPSA) is 78.7 Å². The van der Waals surface area contributed by atoms with Gasteiger partial charge in [0.25, 0.3) is 5.91 Å². The van der Waals surface area contributed by atoms with Crippen LogP contribution in [0.2, 0.25) is 0 Å². The van der Waals surface area contributed by atoms with Gasteiger partial charge in [-0.3, -0.25) is 9.78 Å². The molecule has 0 N–H and O–H groups in total. The SMILES string of the molecule is [N-]=[N+]=NC(=O)c1cc2ncc(C(F)(F)F)cc2s1. The molecule has 0 saturated heterocycles. The summed E-state index contributed by atoms with van der Waals surface area (Å²) in [6.45, 7) is 0. The van der Waals surface area contributed by atoms with Gasteiger partial charge in [0, 0.05) is 11.1 Å². The van der Waals surface area contributed by atoms with Gasteiger partial charge in [-0.1, -0.05) is 0 Å². The van der Waals surface area contributed by atoms with Crippen molar-refractivity contribution in [1.29, 1.82) is 0 Å². The van der Waals surface area contributed by atoms with Crippen LogP contribution in [-0.4, -0.2) is 10.9 Å². The number of hydrogen-bond donors (Lipinski definition) is 0. The van der Waals surface area contributed by atoms with E-state index in [4.69, 9.17) is 5.53 Å². The van der Waals surface area contributed by atoms with E-state index in [1.807, 2.05) is 0 Å². The Morgan fingerprint density at radius 2 is 2.17 bits per heavy atom. The number of rotatable bonds is 1. The van der Waals surface area contributed by atoms with Gasteiger partial charge in [0.2, 0.25) is 0 Å². The molecule has 2 heterocycles. The van der Waals surface area contributed by atoms with E-state index < -0.39 is 17.6 Å². The fourth-order valence-corrected chi connectivity index (χ4v) is 2.21. The van der Waals surface area contributed by atoms with Crippen LogP contribution in [-0.2, 0) is 6.18 Å². The predicted octanol–water partition coefficient (Wildman–Crippen LogP) is 3.77. The van der Waals surface area contributed by atoms with Crippen molar-refractivity contribution < 1.29 is 18.0 Å². The quantitative estimate of drug-likeness (QED) is 0.450. The minimum Gasteiger partial charge on any atom is -0.286 e. The molecule has 0 atom stereocenters. The van der Waals surface area contributed by atoms with Crippen LogP contribution in [0.25, 0.3) is 20.7 Å². The molecule has 0 aromatic carbocycles. The van der Waals surface area contributed by atoms with Gasteiger partial charge >= 0.3 is 6.18 Å². The predicted molar refractivity (Wildman–Crippen MR) is 58.1 cm³/mol. The first-order valence-electron chi connectivity index (χ1n) is 4.48. The molecule has 0 unspecified atom stereocenters. The summed E-state index contributed by atoms with van der Waals surface area (Å²) in [6, 6.07) is 2.19. The molecule has 18 heavy (non-hydrogen) atoms. The molecule has 2 aromatic rings. The summed E-state index contributed by atoms with van der Waals surface area (Å²) in [5.74, 6) is -0.839. The molecule has 92 valence electrons. The molecule has 2 rings (SSSR count). The second-order valence-corrected chi connectivity index (χ2v) is 4.29. The highest BCUT2D eigenvalue weighted by Crippen LogP contribution is 2.33. The number of amides is 1. The second kappa shape index (κ2) is 4.28. The fourth-order valence-electron chi connectivity index (χ4n) is 1.27. The molecular weight excluding hydrogens is 269 g/mol. The molecule has 0 aliphatic rings. The first-order valence-corrected chi connectivity index (χ1v) is 5.29. The van der Waals surface area contributed by atoms with Crippen molar-refractivity contribution in [2.75, 3.05) is 0 Å². The number of azide groups is 1. The standard InChI is InChI=1S/C9H3F3N4OS/c10-9(11,12)4-1-6-5(14-3-4)2-7(18-6)8(17)15-16-13/h1-3H. The average molecular weight is 272 g/mol. The van der Waals surface area contributed by atoms with Crippen molar-refractivity contribution >= 4 is 27.5 Å². The van der Waals surface area contributed by atoms with Crippen LogP contribution in [0.4, 0.5) is 13.2 Å². The number of hydrogen-bond acceptors (Lipinski definition) is 3. The van der Waals surface area contributed by atoms with E-state index in [0.717, 1.165) is 17.4 Å². The smallest absolute Gasteiger partial charge is 0.286 e. The van der Waals surface area contributed by atoms with Crippen molar-refractivity contribution in [3.8, 4) is 0 Å². The van der Waals surface area contributed by atoms with E-state index >= 15 is 0 Å². The van der Waals surface area contributed by atoms with Crippen molar-refractivity contribution in [2.24, 2.45) is 5.11 Å². The summed E-state index contributed by atoms with van der Waals surface area (Å²) in [4.78, 5) is 17.2. The van der Waals surface area contributed by atoms with Gasteiger partial charge in [-0.25, -0.2) is 0 Å². The molecule has 0 saturated carbocycles. The van der Waals surface area contributed by atoms with E-state index in [0.29, 0.717) is 6.20 Å². The van der Waals surface area contributed by atoms with Crippen LogP contribution in [0, 0.1) is 0 Å². The molecule has 9 heteroatoms. The highest BCUT2D eigenvalue weighted by Gasteiger charge is 2.31. The van der Waals surface area contributed by atoms with Gasteiger partial charge in [0.05, 0.1) is 20.7 Å². The van der Waals surface area contributed by atoms with Crippen LogP contribution in [0.3, 0.4) is 0 Å². The summed E-state index contributed by atoms with van der Waals surface area (Å²) < 4.78 is 37.5. The number of fused-ring (bicyclic) bond motifs is 1. The summed E-state index contributed by atoms with van der Waals surface area (Å²) in [7, 11) is 0. The van der Waals surface area contributed by atoms with E-state index in [1.54, 1.807) is 0 Å². The Morgan fingerprint density at radius 3 is 2.78 bits per heavy atom. The number of thiophene rings is 1. The number of aromatic nitrogens is 1. The number of halogens is 3. The highest BCUT2D eigenvalue weighted by molar-refractivity contribution is 7.20. The fraction of sp³-hybridized carbons (Fsp3) is 0.111. The first kappa shape index (κ1) is 12.3. The number of nitrogens with zero attached hydrogens (tertiary/aromatic N) is 4. The molecule has 0 spiro atoms. The Morgan fingerprint density at radius 1 is 1.44 bits per heavy atom. The largest absolute Gasteiger partial charge is 0.417 e. The zero-order valence-electron chi connectivity index (χ0n) is 8.47. The minimum atomic E-state index is -4.49. The maximum atomic E-state index is 12.4. The lowest BCUT2D eigenvalue weighted by Crippen LogP contribution is -2.04. The lowest BCUT2D eigenvalue weighted by atomic mass is 10.2. The lowest BCUT2D eigenvalue weighted by molar-refractivity contribution is -0.137. The third-order valence-corrected chi connectivity index (χ3v) is 3.10. The molecular formula is C9H3F3N4OS. The zero-order valence-corrected chi connectivity index (χ0v) is 9.29. The molecule has 5 nitrogen and oxygen atoms in total. The van der Waals surface area contributed by atoms with Crippen molar-refractivity contribution in [3.63, 3.8) is 0 Å². The Bertz CT molecular complexity index is 672.